The zero-order valence-corrected chi connectivity index (χ0v) is 21.9. The first-order chi connectivity index (χ1) is 19.3. The van der Waals surface area contributed by atoms with Crippen LogP contribution in [0.25, 0.3) is 80.4 Å². The van der Waals surface area contributed by atoms with Gasteiger partial charge in [0.2, 0.25) is 0 Å². The molecule has 3 heteroatoms. The maximum Gasteiger partial charge on any atom is 0.161 e. The molecule has 2 nitrogen and oxygen atoms in total. The highest BCUT2D eigenvalue weighted by atomic mass is 32.1. The van der Waals surface area contributed by atoms with E-state index < -0.39 is 0 Å². The molecular weight excluding hydrogens is 492 g/mol. The molecule has 0 aliphatic heterocycles. The van der Waals surface area contributed by atoms with Gasteiger partial charge in [-0.2, -0.15) is 0 Å². The second-order valence-corrected chi connectivity index (χ2v) is 11.5. The average Bonchev–Trinajstić information content (AvgIpc) is 3.40. The van der Waals surface area contributed by atoms with E-state index in [0.717, 1.165) is 40.8 Å². The fraction of sp³-hybridized carbons (Fsp3) is 0.0556. The van der Waals surface area contributed by atoms with Crippen LogP contribution in [0.4, 0.5) is 0 Å². The molecule has 0 atom stereocenters. The molecule has 0 bridgehead atoms. The first kappa shape index (κ1) is 21.3. The highest BCUT2D eigenvalue weighted by Crippen LogP contribution is 2.48. The smallest absolute Gasteiger partial charge is 0.161 e. The van der Waals surface area contributed by atoms with Crippen LogP contribution in [0.2, 0.25) is 0 Å². The highest BCUT2D eigenvalue weighted by Gasteiger charge is 2.21. The summed E-state index contributed by atoms with van der Waals surface area (Å²) in [5, 5.41) is 11.6. The topological polar surface area (TPSA) is 25.8 Å². The Morgan fingerprint density at radius 2 is 1.38 bits per heavy atom. The normalized spacial score (nSPS) is 14.0. The minimum absolute atomic E-state index is 0.799. The van der Waals surface area contributed by atoms with Crippen LogP contribution in [-0.2, 0) is 0 Å². The van der Waals surface area contributed by atoms with E-state index in [1.807, 2.05) is 11.3 Å². The Hall–Kier alpha value is -4.60. The summed E-state index contributed by atoms with van der Waals surface area (Å²) in [4.78, 5) is 10.4. The van der Waals surface area contributed by atoms with Crippen LogP contribution in [0.15, 0.2) is 109 Å². The van der Waals surface area contributed by atoms with Crippen LogP contribution in [0.1, 0.15) is 18.5 Å². The van der Waals surface area contributed by atoms with Gasteiger partial charge >= 0.3 is 0 Å². The van der Waals surface area contributed by atoms with Gasteiger partial charge in [-0.1, -0.05) is 78.9 Å². The molecule has 9 rings (SSSR count). The summed E-state index contributed by atoms with van der Waals surface area (Å²) in [5.41, 5.74) is 4.31. The van der Waals surface area contributed by atoms with E-state index in [4.69, 9.17) is 9.97 Å². The Balaban J connectivity index is 1.40. The van der Waals surface area contributed by atoms with Crippen LogP contribution in [0.5, 0.6) is 0 Å². The third-order valence-corrected chi connectivity index (χ3v) is 9.41. The quantitative estimate of drug-likeness (QED) is 0.169. The molecule has 8 aromatic rings. The SMILES string of the molecule is C1=CC(c2nc(-c3ccc4c5cc6ccccc6cc5c5cccc6sc3c4c65)nc3ccccc23)=CCC1. The van der Waals surface area contributed by atoms with Gasteiger partial charge < -0.3 is 0 Å². The van der Waals surface area contributed by atoms with E-state index in [9.17, 15) is 0 Å². The zero-order chi connectivity index (χ0) is 25.5. The number of aromatic nitrogens is 2. The van der Waals surface area contributed by atoms with Crippen molar-refractivity contribution in [3.05, 3.63) is 115 Å². The lowest BCUT2D eigenvalue weighted by molar-refractivity contribution is 1.04. The molecule has 0 N–H and O–H groups in total. The predicted molar refractivity (Wildman–Crippen MR) is 168 cm³/mol. The van der Waals surface area contributed by atoms with E-state index >= 15 is 0 Å². The Bertz CT molecular complexity index is 2340. The van der Waals surface area contributed by atoms with Crippen molar-refractivity contribution < 1.29 is 0 Å². The van der Waals surface area contributed by atoms with Crippen molar-refractivity contribution >= 4 is 80.3 Å². The number of benzene rings is 6. The van der Waals surface area contributed by atoms with Gasteiger partial charge in [0.15, 0.2) is 5.82 Å². The second-order valence-electron chi connectivity index (χ2n) is 10.4. The van der Waals surface area contributed by atoms with Crippen LogP contribution in [-0.4, -0.2) is 9.97 Å². The number of thiophene rings is 1. The summed E-state index contributed by atoms with van der Waals surface area (Å²) < 4.78 is 2.58. The molecule has 1 aliphatic carbocycles. The minimum Gasteiger partial charge on any atom is -0.228 e. The zero-order valence-electron chi connectivity index (χ0n) is 21.1. The van der Waals surface area contributed by atoms with Gasteiger partial charge in [-0.25, -0.2) is 9.97 Å². The first-order valence-electron chi connectivity index (χ1n) is 13.5. The molecular formula is C36H22N2S. The van der Waals surface area contributed by atoms with Crippen molar-refractivity contribution in [2.45, 2.75) is 12.8 Å². The number of fused-ring (bicyclic) bond motifs is 5. The summed E-state index contributed by atoms with van der Waals surface area (Å²) in [6.07, 6.45) is 8.90. The first-order valence-corrected chi connectivity index (χ1v) is 14.3. The fourth-order valence-corrected chi connectivity index (χ4v) is 7.70. The standard InChI is InChI=1S/C36H22N2S/c1-2-9-21(10-3-1)34-26-13-6-7-15-30(26)37-36(38-34)27-18-17-25-29-20-23-12-5-4-11-22(23)19-28(29)24-14-8-16-31-32(24)33(25)35(27)39-31/h2,4-20H,1,3H2. The number of para-hydroxylation sites is 1. The van der Waals surface area contributed by atoms with E-state index in [1.54, 1.807) is 0 Å². The Morgan fingerprint density at radius 1 is 0.615 bits per heavy atom. The van der Waals surface area contributed by atoms with Crippen molar-refractivity contribution in [1.82, 2.24) is 9.97 Å². The van der Waals surface area contributed by atoms with Gasteiger partial charge in [0.1, 0.15) is 0 Å². The predicted octanol–water partition coefficient (Wildman–Crippen LogP) is 10.3. The van der Waals surface area contributed by atoms with Gasteiger partial charge in [-0.3, -0.25) is 0 Å². The van der Waals surface area contributed by atoms with Crippen molar-refractivity contribution in [1.29, 1.82) is 0 Å². The van der Waals surface area contributed by atoms with E-state index in [-0.39, 0.29) is 0 Å². The van der Waals surface area contributed by atoms with Gasteiger partial charge in [0, 0.05) is 31.1 Å². The molecule has 0 saturated carbocycles. The highest BCUT2D eigenvalue weighted by molar-refractivity contribution is 7.26. The minimum atomic E-state index is 0.799. The lowest BCUT2D eigenvalue weighted by atomic mass is 9.91. The largest absolute Gasteiger partial charge is 0.228 e. The Kier molecular flexibility index (Phi) is 4.35. The van der Waals surface area contributed by atoms with E-state index in [2.05, 4.69) is 109 Å². The molecule has 0 spiro atoms. The summed E-state index contributed by atoms with van der Waals surface area (Å²) >= 11 is 1.86. The molecule has 1 aliphatic rings. The molecule has 0 saturated heterocycles. The van der Waals surface area contributed by atoms with Gasteiger partial charge in [0.05, 0.1) is 11.2 Å². The van der Waals surface area contributed by atoms with Crippen molar-refractivity contribution in [3.63, 3.8) is 0 Å². The maximum atomic E-state index is 5.25. The van der Waals surface area contributed by atoms with Crippen LogP contribution >= 0.6 is 11.3 Å². The van der Waals surface area contributed by atoms with Crippen molar-refractivity contribution in [3.8, 4) is 11.4 Å². The molecule has 182 valence electrons. The molecule has 39 heavy (non-hydrogen) atoms. The lowest BCUT2D eigenvalue weighted by Gasteiger charge is -2.14. The van der Waals surface area contributed by atoms with Crippen LogP contribution in [0.3, 0.4) is 0 Å². The molecule has 0 fully saturated rings. The van der Waals surface area contributed by atoms with Crippen LogP contribution < -0.4 is 0 Å². The van der Waals surface area contributed by atoms with Crippen LogP contribution in [0, 0.1) is 0 Å². The molecule has 6 aromatic carbocycles. The third-order valence-electron chi connectivity index (χ3n) is 8.22. The molecule has 2 aromatic heterocycles. The number of hydrogen-bond acceptors (Lipinski definition) is 3. The average molecular weight is 515 g/mol. The third kappa shape index (κ3) is 3.02. The summed E-state index contributed by atoms with van der Waals surface area (Å²) in [5.74, 6) is 0.799. The molecule has 0 unspecified atom stereocenters. The van der Waals surface area contributed by atoms with Gasteiger partial charge in [-0.15, -0.1) is 11.3 Å². The van der Waals surface area contributed by atoms with Gasteiger partial charge in [0.25, 0.3) is 0 Å². The maximum absolute atomic E-state index is 5.25. The molecule has 0 radical (unpaired) electrons. The van der Waals surface area contributed by atoms with Crippen molar-refractivity contribution in [2.75, 3.05) is 0 Å². The Labute approximate surface area is 228 Å². The monoisotopic (exact) mass is 514 g/mol. The lowest BCUT2D eigenvalue weighted by Crippen LogP contribution is -1.98. The summed E-state index contributed by atoms with van der Waals surface area (Å²) in [7, 11) is 0. The fourth-order valence-electron chi connectivity index (χ4n) is 6.44. The summed E-state index contributed by atoms with van der Waals surface area (Å²) in [6, 6.07) is 33.1. The van der Waals surface area contributed by atoms with Crippen molar-refractivity contribution in [2.24, 2.45) is 0 Å². The summed E-state index contributed by atoms with van der Waals surface area (Å²) in [6.45, 7) is 0. The van der Waals surface area contributed by atoms with E-state index in [1.165, 1.54) is 58.1 Å². The number of rotatable bonds is 2. The molecule has 0 amide bonds. The second kappa shape index (κ2) is 7.95. The number of hydrogen-bond donors (Lipinski definition) is 0. The number of nitrogens with zero attached hydrogens (tertiary/aromatic N) is 2. The Morgan fingerprint density at radius 3 is 2.21 bits per heavy atom. The molecule has 2 heterocycles. The number of allylic oxidation sites excluding steroid dienone is 4. The van der Waals surface area contributed by atoms with E-state index in [0.29, 0.717) is 0 Å². The van der Waals surface area contributed by atoms with Gasteiger partial charge in [-0.05, 0) is 81.1 Å².